The van der Waals surface area contributed by atoms with E-state index in [1.165, 1.54) is 38.6 Å². The summed E-state index contributed by atoms with van der Waals surface area (Å²) >= 11 is 0. The third-order valence-corrected chi connectivity index (χ3v) is 15.2. The Labute approximate surface area is 452 Å². The smallest absolute Gasteiger partial charge is 0.166 e. The highest BCUT2D eigenvalue weighted by molar-refractivity contribution is 6.12. The van der Waals surface area contributed by atoms with E-state index >= 15 is 0 Å². The summed E-state index contributed by atoms with van der Waals surface area (Å²) in [5, 5.41) is 14.4. The number of nitrogens with zero attached hydrogens (tertiary/aromatic N) is 6. The van der Waals surface area contributed by atoms with Gasteiger partial charge in [-0.15, -0.1) is 0 Å². The molecule has 0 amide bonds. The predicted octanol–water partition coefficient (Wildman–Crippen LogP) is 18.2. The summed E-state index contributed by atoms with van der Waals surface area (Å²) in [6.45, 7) is 4.25. The molecule has 0 spiro atoms. The van der Waals surface area contributed by atoms with Crippen LogP contribution in [-0.2, 0) is 0 Å². The van der Waals surface area contributed by atoms with Gasteiger partial charge in [0.05, 0.1) is 45.1 Å². The van der Waals surface area contributed by atoms with Crippen molar-refractivity contribution in [3.8, 4) is 96.1 Å². The molecule has 0 atom stereocenters. The molecule has 78 heavy (non-hydrogen) atoms. The first-order valence-corrected chi connectivity index (χ1v) is 26.3. The van der Waals surface area contributed by atoms with E-state index < -0.39 is 0 Å². The highest BCUT2D eigenvalue weighted by atomic mass is 15.1. The molecule has 0 aliphatic rings. The fourth-order valence-electron chi connectivity index (χ4n) is 11.2. The van der Waals surface area contributed by atoms with Crippen molar-refractivity contribution >= 4 is 43.6 Å². The molecular weight excluding hydrogens is 949 g/mol. The van der Waals surface area contributed by atoms with Gasteiger partial charge in [0.15, 0.2) is 17.5 Å². The van der Waals surface area contributed by atoms with Crippen LogP contribution in [0.3, 0.4) is 0 Å². The number of benzene rings is 11. The fourth-order valence-corrected chi connectivity index (χ4v) is 11.2. The maximum absolute atomic E-state index is 9.79. The third kappa shape index (κ3) is 8.10. The van der Waals surface area contributed by atoms with Crippen molar-refractivity contribution in [1.82, 2.24) is 24.1 Å². The van der Waals surface area contributed by atoms with E-state index in [-0.39, 0.29) is 0 Å². The highest BCUT2D eigenvalue weighted by Gasteiger charge is 2.23. The van der Waals surface area contributed by atoms with Gasteiger partial charge in [-0.05, 0) is 126 Å². The zero-order chi connectivity index (χ0) is 52.3. The van der Waals surface area contributed by atoms with E-state index in [1.54, 1.807) is 0 Å². The first-order valence-electron chi connectivity index (χ1n) is 26.3. The Morgan fingerprint density at radius 1 is 0.295 bits per heavy atom. The van der Waals surface area contributed by atoms with Crippen molar-refractivity contribution in [2.24, 2.45) is 0 Å². The molecule has 11 aromatic carbocycles. The maximum atomic E-state index is 9.79. The summed E-state index contributed by atoms with van der Waals surface area (Å²) in [7, 11) is 0. The second kappa shape index (κ2) is 19.0. The Morgan fingerprint density at radius 2 is 0.667 bits per heavy atom. The van der Waals surface area contributed by atoms with Crippen molar-refractivity contribution in [3.63, 3.8) is 0 Å². The van der Waals surface area contributed by atoms with Crippen molar-refractivity contribution in [1.29, 1.82) is 5.26 Å². The van der Waals surface area contributed by atoms with E-state index in [1.807, 2.05) is 60.7 Å². The van der Waals surface area contributed by atoms with Gasteiger partial charge in [0.2, 0.25) is 0 Å². The van der Waals surface area contributed by atoms with Crippen LogP contribution in [0.25, 0.3) is 134 Å². The summed E-state index contributed by atoms with van der Waals surface area (Å²) < 4.78 is 4.79. The van der Waals surface area contributed by atoms with E-state index in [0.29, 0.717) is 23.0 Å². The van der Waals surface area contributed by atoms with Crippen LogP contribution >= 0.6 is 0 Å². The lowest BCUT2D eigenvalue weighted by molar-refractivity contribution is 1.06. The summed E-state index contributed by atoms with van der Waals surface area (Å²) in [4.78, 5) is 16.0. The largest absolute Gasteiger partial charge is 0.309 e. The van der Waals surface area contributed by atoms with E-state index in [4.69, 9.17) is 15.0 Å². The standard InChI is InChI=1S/C72H48N6/c1-46-21-27-49(28-22-46)55-34-38-67-61(42-55)58-17-9-11-19-64(58)77(67)66-37-33-54(51-31-25-48(45-73)26-32-51)41-60(66)57-36-40-69(63(44-57)72-75-70(52-13-5-3-6-14-52)74-71(76-72)53-15-7-4-8-16-53)78-65-20-12-10-18-59(65)62-43-56(35-39-68(62)78)50-29-23-47(2)24-30-50/h3-44H,1-2H3. The fraction of sp³-hybridized carbons (Fsp3) is 0.0278. The number of nitriles is 1. The molecule has 366 valence electrons. The van der Waals surface area contributed by atoms with Gasteiger partial charge in [0.25, 0.3) is 0 Å². The van der Waals surface area contributed by atoms with Crippen LogP contribution in [0.2, 0.25) is 0 Å². The zero-order valence-corrected chi connectivity index (χ0v) is 42.9. The molecule has 0 radical (unpaired) electrons. The SMILES string of the molecule is Cc1ccc(-c2ccc3c(c2)c2ccccc2n3-c2ccc(-c3ccc(C#N)cc3)cc2-c2ccc(-n3c4ccccc4c4cc(-c5ccc(C)cc5)ccc43)c(-c3nc(-c4ccccc4)nc(-c4ccccc4)n3)c2)cc1. The van der Waals surface area contributed by atoms with Crippen LogP contribution in [0.1, 0.15) is 16.7 Å². The number of para-hydroxylation sites is 2. The molecule has 6 heteroatoms. The Hall–Kier alpha value is -10.5. The second-order valence-electron chi connectivity index (χ2n) is 20.1. The van der Waals surface area contributed by atoms with Crippen molar-refractivity contribution in [3.05, 3.63) is 271 Å². The van der Waals surface area contributed by atoms with E-state index in [0.717, 1.165) is 88.7 Å². The molecule has 0 N–H and O–H groups in total. The Kier molecular flexibility index (Phi) is 11.2. The number of aryl methyl sites for hydroxylation is 2. The van der Waals surface area contributed by atoms with Gasteiger partial charge in [0, 0.05) is 43.8 Å². The Bertz CT molecular complexity index is 4600. The maximum Gasteiger partial charge on any atom is 0.166 e. The van der Waals surface area contributed by atoms with Gasteiger partial charge in [-0.2, -0.15) is 5.26 Å². The van der Waals surface area contributed by atoms with Gasteiger partial charge in [-0.3, -0.25) is 0 Å². The van der Waals surface area contributed by atoms with Crippen molar-refractivity contribution < 1.29 is 0 Å². The van der Waals surface area contributed by atoms with Gasteiger partial charge in [-0.25, -0.2) is 15.0 Å². The molecule has 0 aliphatic carbocycles. The predicted molar refractivity (Wildman–Crippen MR) is 321 cm³/mol. The van der Waals surface area contributed by atoms with Crippen LogP contribution < -0.4 is 0 Å². The van der Waals surface area contributed by atoms with Crippen molar-refractivity contribution in [2.75, 3.05) is 0 Å². The summed E-state index contributed by atoms with van der Waals surface area (Å²) in [5.74, 6) is 1.71. The summed E-state index contributed by atoms with van der Waals surface area (Å²) in [6, 6.07) is 92.6. The first-order chi connectivity index (χ1) is 38.4. The topological polar surface area (TPSA) is 72.3 Å². The molecule has 3 heterocycles. The third-order valence-electron chi connectivity index (χ3n) is 15.2. The Morgan fingerprint density at radius 3 is 1.17 bits per heavy atom. The average molecular weight is 997 g/mol. The van der Waals surface area contributed by atoms with Crippen LogP contribution in [0, 0.1) is 25.2 Å². The van der Waals surface area contributed by atoms with Crippen molar-refractivity contribution in [2.45, 2.75) is 13.8 Å². The van der Waals surface area contributed by atoms with Crippen LogP contribution in [0.15, 0.2) is 255 Å². The van der Waals surface area contributed by atoms with E-state index in [9.17, 15) is 5.26 Å². The molecule has 14 rings (SSSR count). The van der Waals surface area contributed by atoms with Crippen LogP contribution in [-0.4, -0.2) is 24.1 Å². The highest BCUT2D eigenvalue weighted by Crippen LogP contribution is 2.44. The minimum atomic E-state index is 0.548. The van der Waals surface area contributed by atoms with Gasteiger partial charge in [-0.1, -0.05) is 193 Å². The lowest BCUT2D eigenvalue weighted by atomic mass is 9.94. The first kappa shape index (κ1) is 46.1. The molecule has 14 aromatic rings. The molecule has 6 nitrogen and oxygen atoms in total. The quantitative estimate of drug-likeness (QED) is 0.144. The van der Waals surface area contributed by atoms with Gasteiger partial charge < -0.3 is 9.13 Å². The zero-order valence-electron chi connectivity index (χ0n) is 42.9. The molecule has 0 saturated carbocycles. The number of fused-ring (bicyclic) bond motifs is 6. The summed E-state index contributed by atoms with van der Waals surface area (Å²) in [6.07, 6.45) is 0. The van der Waals surface area contributed by atoms with E-state index in [2.05, 4.69) is 223 Å². The minimum Gasteiger partial charge on any atom is -0.309 e. The number of hydrogen-bond acceptors (Lipinski definition) is 4. The molecule has 0 saturated heterocycles. The molecule has 3 aromatic heterocycles. The normalized spacial score (nSPS) is 11.4. The Balaban J connectivity index is 1.06. The van der Waals surface area contributed by atoms with Gasteiger partial charge >= 0.3 is 0 Å². The molecular formula is C72H48N6. The monoisotopic (exact) mass is 996 g/mol. The van der Waals surface area contributed by atoms with Crippen LogP contribution in [0.4, 0.5) is 0 Å². The lowest BCUT2D eigenvalue weighted by Crippen LogP contribution is -2.04. The second-order valence-corrected chi connectivity index (χ2v) is 20.1. The molecule has 0 fully saturated rings. The average Bonchev–Trinajstić information content (AvgIpc) is 4.09. The minimum absolute atomic E-state index is 0.548. The number of hydrogen-bond donors (Lipinski definition) is 0. The number of rotatable bonds is 9. The molecule has 0 aliphatic heterocycles. The van der Waals surface area contributed by atoms with Gasteiger partial charge in [0.1, 0.15) is 0 Å². The molecule has 0 unspecified atom stereocenters. The van der Waals surface area contributed by atoms with Crippen LogP contribution in [0.5, 0.6) is 0 Å². The lowest BCUT2D eigenvalue weighted by Gasteiger charge is -2.19. The molecule has 0 bridgehead atoms. The number of aromatic nitrogens is 5. The summed E-state index contributed by atoms with van der Waals surface area (Å²) in [5.41, 5.74) is 20.7.